The van der Waals surface area contributed by atoms with E-state index in [-0.39, 0.29) is 11.0 Å². The maximum atomic E-state index is 11.7. The second-order valence-corrected chi connectivity index (χ2v) is 4.18. The molecule has 1 heterocycles. The molecule has 0 bridgehead atoms. The molecule has 0 saturated carbocycles. The number of hydrogen-bond donors (Lipinski definition) is 2. The highest BCUT2D eigenvalue weighted by molar-refractivity contribution is 6.29. The first kappa shape index (κ1) is 14.1. The molecule has 7 heteroatoms. The van der Waals surface area contributed by atoms with E-state index in [1.54, 1.807) is 18.2 Å². The van der Waals surface area contributed by atoms with Gasteiger partial charge >= 0.3 is 0 Å². The summed E-state index contributed by atoms with van der Waals surface area (Å²) < 4.78 is 5.49. The van der Waals surface area contributed by atoms with Gasteiger partial charge in [0.1, 0.15) is 10.9 Å². The van der Waals surface area contributed by atoms with Gasteiger partial charge in [-0.05, 0) is 12.1 Å². The number of nitrogens with zero attached hydrogens (tertiary/aromatic N) is 1. The number of nitrogens with one attached hydrogen (secondary N) is 2. The molecule has 0 amide bonds. The molecule has 2 N–H and O–H groups in total. The van der Waals surface area contributed by atoms with E-state index >= 15 is 0 Å². The molecule has 0 aliphatic rings. The van der Waals surface area contributed by atoms with E-state index in [2.05, 4.69) is 22.3 Å². The summed E-state index contributed by atoms with van der Waals surface area (Å²) in [4.78, 5) is 16.5. The summed E-state index contributed by atoms with van der Waals surface area (Å²) in [6.07, 6.45) is 0. The maximum absolute atomic E-state index is 11.7. The molecular weight excluding hydrogens is 282 g/mol. The summed E-state index contributed by atoms with van der Waals surface area (Å²) in [5, 5.41) is 6.35. The lowest BCUT2D eigenvalue weighted by molar-refractivity contribution is 0.136. The van der Waals surface area contributed by atoms with Gasteiger partial charge in [-0.2, -0.15) is 0 Å². The number of halogens is 1. The molecule has 0 aliphatic heterocycles. The fraction of sp³-hybridized carbons (Fsp3) is 0.0769. The Hall–Kier alpha value is -2.31. The first-order chi connectivity index (χ1) is 9.61. The van der Waals surface area contributed by atoms with Crippen molar-refractivity contribution < 1.29 is 9.57 Å². The van der Waals surface area contributed by atoms with Crippen molar-refractivity contribution in [1.82, 2.24) is 15.7 Å². The third-order valence-electron chi connectivity index (χ3n) is 2.38. The average molecular weight is 294 g/mol. The molecule has 6 nitrogen and oxygen atoms in total. The van der Waals surface area contributed by atoms with E-state index in [0.29, 0.717) is 17.0 Å². The number of aromatic amines is 1. The standard InChI is InChI=1S/C13H12ClN3O3/c1-8(17-19-2)9-5-3-4-6-11(9)20-13-10(18)7-12(14)15-16-13/h3-7,17H,1H2,2H3,(H,15,18). The Kier molecular flexibility index (Phi) is 4.39. The molecule has 1 aromatic carbocycles. The Morgan fingerprint density at radius 1 is 1.45 bits per heavy atom. The third-order valence-corrected chi connectivity index (χ3v) is 2.57. The van der Waals surface area contributed by atoms with Crippen LogP contribution in [0.3, 0.4) is 0 Å². The zero-order valence-electron chi connectivity index (χ0n) is 10.6. The van der Waals surface area contributed by atoms with Crippen LogP contribution in [0.5, 0.6) is 11.6 Å². The number of para-hydroxylation sites is 1. The van der Waals surface area contributed by atoms with Gasteiger partial charge in [-0.1, -0.05) is 30.3 Å². The Bertz CT molecular complexity index is 685. The van der Waals surface area contributed by atoms with Gasteiger partial charge in [-0.3, -0.25) is 20.2 Å². The van der Waals surface area contributed by atoms with Crippen molar-refractivity contribution in [2.45, 2.75) is 0 Å². The second kappa shape index (κ2) is 6.23. The van der Waals surface area contributed by atoms with E-state index < -0.39 is 5.43 Å². The van der Waals surface area contributed by atoms with E-state index in [4.69, 9.17) is 21.2 Å². The van der Waals surface area contributed by atoms with Crippen molar-refractivity contribution >= 4 is 17.3 Å². The molecule has 0 aliphatic carbocycles. The maximum Gasteiger partial charge on any atom is 0.285 e. The zero-order valence-corrected chi connectivity index (χ0v) is 11.4. The summed E-state index contributed by atoms with van der Waals surface area (Å²) in [5.74, 6) is 0.314. The summed E-state index contributed by atoms with van der Waals surface area (Å²) in [5.41, 5.74) is 3.33. The summed E-state index contributed by atoms with van der Waals surface area (Å²) in [7, 11) is 1.47. The molecule has 0 spiro atoms. The van der Waals surface area contributed by atoms with Crippen LogP contribution in [0.2, 0.25) is 5.15 Å². The topological polar surface area (TPSA) is 76.2 Å². The molecular formula is C13H12ClN3O3. The fourth-order valence-corrected chi connectivity index (χ4v) is 1.67. The monoisotopic (exact) mass is 293 g/mol. The Morgan fingerprint density at radius 2 is 2.20 bits per heavy atom. The molecule has 20 heavy (non-hydrogen) atoms. The van der Waals surface area contributed by atoms with Gasteiger partial charge in [0.15, 0.2) is 0 Å². The van der Waals surface area contributed by atoms with Gasteiger partial charge in [-0.25, -0.2) is 0 Å². The van der Waals surface area contributed by atoms with Gasteiger partial charge < -0.3 is 4.74 Å². The van der Waals surface area contributed by atoms with Crippen LogP contribution in [0.1, 0.15) is 5.56 Å². The molecule has 0 radical (unpaired) electrons. The SMILES string of the molecule is C=C(NOC)c1ccccc1Oc1n[nH]c(Cl)cc1=O. The van der Waals surface area contributed by atoms with Gasteiger partial charge in [0, 0.05) is 11.6 Å². The van der Waals surface area contributed by atoms with Gasteiger partial charge in [-0.15, -0.1) is 5.10 Å². The van der Waals surface area contributed by atoms with Gasteiger partial charge in [0.2, 0.25) is 5.43 Å². The van der Waals surface area contributed by atoms with Crippen LogP contribution < -0.4 is 15.6 Å². The van der Waals surface area contributed by atoms with E-state index in [1.807, 2.05) is 6.07 Å². The van der Waals surface area contributed by atoms with Crippen LogP contribution in [0.15, 0.2) is 41.7 Å². The second-order valence-electron chi connectivity index (χ2n) is 3.77. The first-order valence-corrected chi connectivity index (χ1v) is 6.00. The van der Waals surface area contributed by atoms with Crippen LogP contribution in [0, 0.1) is 0 Å². The van der Waals surface area contributed by atoms with Crippen molar-refractivity contribution in [2.75, 3.05) is 7.11 Å². The minimum absolute atomic E-state index is 0.105. The predicted octanol–water partition coefficient (Wildman–Crippen LogP) is 2.34. The highest BCUT2D eigenvalue weighted by Gasteiger charge is 2.11. The van der Waals surface area contributed by atoms with Crippen LogP contribution >= 0.6 is 11.6 Å². The largest absolute Gasteiger partial charge is 0.434 e. The minimum Gasteiger partial charge on any atom is -0.434 e. The quantitative estimate of drug-likeness (QED) is 0.828. The third kappa shape index (κ3) is 3.17. The zero-order chi connectivity index (χ0) is 14.5. The van der Waals surface area contributed by atoms with E-state index in [1.165, 1.54) is 13.2 Å². The Balaban J connectivity index is 2.34. The van der Waals surface area contributed by atoms with E-state index in [0.717, 1.165) is 0 Å². The number of hydroxylamine groups is 1. The van der Waals surface area contributed by atoms with Crippen LogP contribution in [-0.2, 0) is 4.84 Å². The summed E-state index contributed by atoms with van der Waals surface area (Å²) in [6, 6.07) is 8.23. The lowest BCUT2D eigenvalue weighted by atomic mass is 10.1. The number of benzene rings is 1. The molecule has 104 valence electrons. The average Bonchev–Trinajstić information content (AvgIpc) is 2.43. The molecule has 0 atom stereocenters. The lowest BCUT2D eigenvalue weighted by Gasteiger charge is -2.12. The number of aromatic nitrogens is 2. The summed E-state index contributed by atoms with van der Waals surface area (Å²) in [6.45, 7) is 3.81. The van der Waals surface area contributed by atoms with Crippen LogP contribution in [0.4, 0.5) is 0 Å². The van der Waals surface area contributed by atoms with Crippen molar-refractivity contribution in [3.8, 4) is 11.6 Å². The van der Waals surface area contributed by atoms with Crippen LogP contribution in [-0.4, -0.2) is 17.3 Å². The number of ether oxygens (including phenoxy) is 1. The number of hydrogen-bond acceptors (Lipinski definition) is 5. The molecule has 2 rings (SSSR count). The minimum atomic E-state index is -0.422. The van der Waals surface area contributed by atoms with E-state index in [9.17, 15) is 4.79 Å². The smallest absolute Gasteiger partial charge is 0.285 e. The lowest BCUT2D eigenvalue weighted by Crippen LogP contribution is -2.11. The molecule has 0 saturated heterocycles. The Labute approximate surface area is 119 Å². The fourth-order valence-electron chi connectivity index (χ4n) is 1.53. The highest BCUT2D eigenvalue weighted by atomic mass is 35.5. The number of H-pyrrole nitrogens is 1. The van der Waals surface area contributed by atoms with Crippen molar-refractivity contribution in [3.63, 3.8) is 0 Å². The number of rotatable bonds is 5. The summed E-state index contributed by atoms with van der Waals surface area (Å²) >= 11 is 5.63. The normalized spacial score (nSPS) is 10.1. The van der Waals surface area contributed by atoms with Crippen molar-refractivity contribution in [3.05, 3.63) is 57.9 Å². The van der Waals surface area contributed by atoms with Gasteiger partial charge in [0.25, 0.3) is 5.88 Å². The molecule has 0 fully saturated rings. The van der Waals surface area contributed by atoms with Gasteiger partial charge in [0.05, 0.1) is 12.8 Å². The van der Waals surface area contributed by atoms with Crippen LogP contribution in [0.25, 0.3) is 5.70 Å². The predicted molar refractivity (Wildman–Crippen MR) is 75.6 cm³/mol. The molecule has 2 aromatic rings. The van der Waals surface area contributed by atoms with Crippen molar-refractivity contribution in [1.29, 1.82) is 0 Å². The highest BCUT2D eigenvalue weighted by Crippen LogP contribution is 2.26. The molecule has 0 unspecified atom stereocenters. The first-order valence-electron chi connectivity index (χ1n) is 5.62. The molecule has 1 aromatic heterocycles. The Morgan fingerprint density at radius 3 is 2.90 bits per heavy atom. The van der Waals surface area contributed by atoms with Crippen molar-refractivity contribution in [2.24, 2.45) is 0 Å².